The fourth-order valence-electron chi connectivity index (χ4n) is 1.77. The first-order chi connectivity index (χ1) is 10.5. The lowest BCUT2D eigenvalue weighted by atomic mass is 10.4. The SMILES string of the molecule is CN=C(NCCNS(=O)(=O)c1ccccc1)NC(C)COC.I. The summed E-state index contributed by atoms with van der Waals surface area (Å²) in [5.74, 6) is 0.600. The highest BCUT2D eigenvalue weighted by atomic mass is 127. The molecule has 0 radical (unpaired) electrons. The molecule has 1 atom stereocenters. The van der Waals surface area contributed by atoms with Crippen molar-refractivity contribution in [2.24, 2.45) is 4.99 Å². The second kappa shape index (κ2) is 11.6. The van der Waals surface area contributed by atoms with Gasteiger partial charge >= 0.3 is 0 Å². The van der Waals surface area contributed by atoms with Gasteiger partial charge in [0, 0.05) is 33.3 Å². The van der Waals surface area contributed by atoms with Crippen molar-refractivity contribution in [1.29, 1.82) is 0 Å². The number of sulfonamides is 1. The number of halogens is 1. The van der Waals surface area contributed by atoms with E-state index in [2.05, 4.69) is 20.3 Å². The first-order valence-electron chi connectivity index (χ1n) is 7.00. The Morgan fingerprint density at radius 3 is 2.48 bits per heavy atom. The van der Waals surface area contributed by atoms with Crippen LogP contribution in [0.1, 0.15) is 6.92 Å². The minimum absolute atomic E-state index is 0. The lowest BCUT2D eigenvalue weighted by Gasteiger charge is -2.17. The van der Waals surface area contributed by atoms with E-state index in [-0.39, 0.29) is 41.5 Å². The minimum Gasteiger partial charge on any atom is -0.383 e. The molecule has 0 aromatic heterocycles. The molecule has 0 heterocycles. The van der Waals surface area contributed by atoms with E-state index in [1.165, 1.54) is 0 Å². The molecular formula is C14H25IN4O3S. The Labute approximate surface area is 155 Å². The largest absolute Gasteiger partial charge is 0.383 e. The van der Waals surface area contributed by atoms with Crippen molar-refractivity contribution in [2.45, 2.75) is 17.9 Å². The molecule has 0 fully saturated rings. The third kappa shape index (κ3) is 8.49. The molecule has 0 aliphatic rings. The van der Waals surface area contributed by atoms with Crippen LogP contribution in [0.2, 0.25) is 0 Å². The van der Waals surface area contributed by atoms with Crippen LogP contribution in [-0.2, 0) is 14.8 Å². The van der Waals surface area contributed by atoms with Gasteiger partial charge in [-0.25, -0.2) is 13.1 Å². The molecular weight excluding hydrogens is 431 g/mol. The number of nitrogens with zero attached hydrogens (tertiary/aromatic N) is 1. The Bertz CT molecular complexity index is 567. The quantitative estimate of drug-likeness (QED) is 0.233. The predicted octanol–water partition coefficient (Wildman–Crippen LogP) is 0.783. The second-order valence-electron chi connectivity index (χ2n) is 4.71. The second-order valence-corrected chi connectivity index (χ2v) is 6.48. The van der Waals surface area contributed by atoms with E-state index < -0.39 is 10.0 Å². The van der Waals surface area contributed by atoms with Crippen LogP contribution in [0.5, 0.6) is 0 Å². The Kier molecular flexibility index (Phi) is 11.1. The maximum Gasteiger partial charge on any atom is 0.240 e. The van der Waals surface area contributed by atoms with Crippen molar-refractivity contribution in [2.75, 3.05) is 33.9 Å². The molecule has 0 aliphatic carbocycles. The number of hydrogen-bond acceptors (Lipinski definition) is 4. The molecule has 132 valence electrons. The molecule has 0 aliphatic heterocycles. The van der Waals surface area contributed by atoms with Gasteiger partial charge in [0.15, 0.2) is 5.96 Å². The van der Waals surface area contributed by atoms with Crippen molar-refractivity contribution < 1.29 is 13.2 Å². The Hall–Kier alpha value is -0.910. The summed E-state index contributed by atoms with van der Waals surface area (Å²) >= 11 is 0. The third-order valence-corrected chi connectivity index (χ3v) is 4.26. The van der Waals surface area contributed by atoms with Gasteiger partial charge in [-0.15, -0.1) is 24.0 Å². The summed E-state index contributed by atoms with van der Waals surface area (Å²) in [5.41, 5.74) is 0. The van der Waals surface area contributed by atoms with Gasteiger partial charge in [0.2, 0.25) is 10.0 Å². The van der Waals surface area contributed by atoms with Crippen molar-refractivity contribution >= 4 is 40.0 Å². The highest BCUT2D eigenvalue weighted by molar-refractivity contribution is 14.0. The number of rotatable bonds is 8. The normalized spacial score (nSPS) is 13.1. The number of nitrogens with one attached hydrogen (secondary N) is 3. The maximum absolute atomic E-state index is 12.0. The maximum atomic E-state index is 12.0. The summed E-state index contributed by atoms with van der Waals surface area (Å²) in [4.78, 5) is 4.32. The van der Waals surface area contributed by atoms with Crippen molar-refractivity contribution in [3.05, 3.63) is 30.3 Å². The first-order valence-corrected chi connectivity index (χ1v) is 8.48. The van der Waals surface area contributed by atoms with E-state index in [1.54, 1.807) is 44.5 Å². The van der Waals surface area contributed by atoms with E-state index in [9.17, 15) is 8.42 Å². The van der Waals surface area contributed by atoms with Gasteiger partial charge in [0.1, 0.15) is 0 Å². The predicted molar refractivity (Wildman–Crippen MR) is 103 cm³/mol. The molecule has 7 nitrogen and oxygen atoms in total. The molecule has 1 unspecified atom stereocenters. The molecule has 0 saturated heterocycles. The van der Waals surface area contributed by atoms with Gasteiger partial charge in [0.25, 0.3) is 0 Å². The van der Waals surface area contributed by atoms with Crippen LogP contribution >= 0.6 is 24.0 Å². The molecule has 3 N–H and O–H groups in total. The van der Waals surface area contributed by atoms with Crippen molar-refractivity contribution in [3.63, 3.8) is 0 Å². The molecule has 9 heteroatoms. The molecule has 1 aromatic rings. The fraction of sp³-hybridized carbons (Fsp3) is 0.500. The summed E-state index contributed by atoms with van der Waals surface area (Å²) < 4.78 is 31.6. The minimum atomic E-state index is -3.47. The zero-order valence-corrected chi connectivity index (χ0v) is 16.7. The van der Waals surface area contributed by atoms with E-state index in [0.717, 1.165) is 0 Å². The van der Waals surface area contributed by atoms with Crippen molar-refractivity contribution in [3.8, 4) is 0 Å². The molecule has 0 amide bonds. The van der Waals surface area contributed by atoms with Gasteiger partial charge in [-0.3, -0.25) is 4.99 Å². The summed E-state index contributed by atoms with van der Waals surface area (Å²) in [6.45, 7) is 3.21. The number of benzene rings is 1. The van der Waals surface area contributed by atoms with Crippen LogP contribution in [-0.4, -0.2) is 54.3 Å². The zero-order valence-electron chi connectivity index (χ0n) is 13.6. The zero-order chi connectivity index (χ0) is 16.4. The average molecular weight is 456 g/mol. The lowest BCUT2D eigenvalue weighted by Crippen LogP contribution is -2.46. The number of ether oxygens (including phenoxy) is 1. The third-order valence-electron chi connectivity index (χ3n) is 2.79. The van der Waals surface area contributed by atoms with Crippen molar-refractivity contribution in [1.82, 2.24) is 15.4 Å². The highest BCUT2D eigenvalue weighted by Gasteiger charge is 2.12. The first kappa shape index (κ1) is 22.1. The fourth-order valence-corrected chi connectivity index (χ4v) is 2.82. The van der Waals surface area contributed by atoms with Crippen LogP contribution in [0.4, 0.5) is 0 Å². The van der Waals surface area contributed by atoms with Gasteiger partial charge in [0.05, 0.1) is 11.5 Å². The number of methoxy groups -OCH3 is 1. The number of aliphatic imine (C=N–C) groups is 1. The van der Waals surface area contributed by atoms with Gasteiger partial charge < -0.3 is 15.4 Å². The molecule has 0 spiro atoms. The molecule has 0 bridgehead atoms. The van der Waals surface area contributed by atoms with Gasteiger partial charge in [-0.05, 0) is 19.1 Å². The average Bonchev–Trinajstić information content (AvgIpc) is 2.51. The van der Waals surface area contributed by atoms with Crippen LogP contribution < -0.4 is 15.4 Å². The van der Waals surface area contributed by atoms with E-state index in [0.29, 0.717) is 19.1 Å². The van der Waals surface area contributed by atoms with Crippen LogP contribution in [0, 0.1) is 0 Å². The number of hydrogen-bond donors (Lipinski definition) is 3. The van der Waals surface area contributed by atoms with Crippen LogP contribution in [0.3, 0.4) is 0 Å². The van der Waals surface area contributed by atoms with Crippen LogP contribution in [0.25, 0.3) is 0 Å². The van der Waals surface area contributed by atoms with Gasteiger partial charge in [-0.2, -0.15) is 0 Å². The van der Waals surface area contributed by atoms with E-state index >= 15 is 0 Å². The smallest absolute Gasteiger partial charge is 0.240 e. The molecule has 0 saturated carbocycles. The summed E-state index contributed by atoms with van der Waals surface area (Å²) in [5, 5.41) is 6.17. The Morgan fingerprint density at radius 1 is 1.26 bits per heavy atom. The summed E-state index contributed by atoms with van der Waals surface area (Å²) in [6, 6.07) is 8.38. The Balaban J connectivity index is 0.00000484. The topological polar surface area (TPSA) is 91.8 Å². The monoisotopic (exact) mass is 456 g/mol. The Morgan fingerprint density at radius 2 is 1.91 bits per heavy atom. The lowest BCUT2D eigenvalue weighted by molar-refractivity contribution is 0.179. The number of guanidine groups is 1. The molecule has 23 heavy (non-hydrogen) atoms. The van der Waals surface area contributed by atoms with Gasteiger partial charge in [-0.1, -0.05) is 18.2 Å². The molecule has 1 aromatic carbocycles. The summed E-state index contributed by atoms with van der Waals surface area (Å²) in [7, 11) is -0.179. The van der Waals surface area contributed by atoms with E-state index in [4.69, 9.17) is 4.74 Å². The standard InChI is InChI=1S/C14H24N4O3S.HI/c1-12(11-21-3)18-14(15-2)16-9-10-17-22(19,20)13-7-5-4-6-8-13;/h4-8,12,17H,9-11H2,1-3H3,(H2,15,16,18);1H. The summed E-state index contributed by atoms with van der Waals surface area (Å²) in [6.07, 6.45) is 0. The van der Waals surface area contributed by atoms with E-state index in [1.807, 2.05) is 6.92 Å². The highest BCUT2D eigenvalue weighted by Crippen LogP contribution is 2.06. The van der Waals surface area contributed by atoms with Crippen LogP contribution in [0.15, 0.2) is 40.2 Å². The molecule has 1 rings (SSSR count).